The summed E-state index contributed by atoms with van der Waals surface area (Å²) in [5.74, 6) is 1.58. The Morgan fingerprint density at radius 2 is 1.95 bits per heavy atom. The van der Waals surface area contributed by atoms with Gasteiger partial charge in [-0.05, 0) is 56.0 Å². The van der Waals surface area contributed by atoms with Crippen molar-refractivity contribution < 1.29 is 4.74 Å². The molecule has 0 radical (unpaired) electrons. The van der Waals surface area contributed by atoms with Crippen molar-refractivity contribution in [3.8, 4) is 5.75 Å². The number of alkyl halides is 1. The molecular weight excluding hydrogens is 258 g/mol. The van der Waals surface area contributed by atoms with Crippen molar-refractivity contribution in [2.45, 2.75) is 37.5 Å². The third kappa shape index (κ3) is 4.70. The average Bonchev–Trinajstić information content (AvgIpc) is 2.46. The largest absolute Gasteiger partial charge is 0.497 e. The van der Waals surface area contributed by atoms with Gasteiger partial charge in [-0.15, -0.1) is 11.6 Å². The molecule has 0 amide bonds. The number of benzene rings is 1. The van der Waals surface area contributed by atoms with Crippen LogP contribution in [0.4, 0.5) is 0 Å². The van der Waals surface area contributed by atoms with E-state index < -0.39 is 0 Å². The van der Waals surface area contributed by atoms with Gasteiger partial charge in [0.25, 0.3) is 0 Å². The molecule has 0 saturated heterocycles. The van der Waals surface area contributed by atoms with Gasteiger partial charge in [0.1, 0.15) is 5.75 Å². The second kappa shape index (κ2) is 7.76. The van der Waals surface area contributed by atoms with Gasteiger partial charge in [-0.2, -0.15) is 0 Å². The molecule has 1 aromatic carbocycles. The highest BCUT2D eigenvalue weighted by atomic mass is 35.5. The number of halogens is 1. The molecule has 1 N–H and O–H groups in total. The molecule has 1 aromatic rings. The van der Waals surface area contributed by atoms with Crippen LogP contribution in [0.2, 0.25) is 0 Å². The van der Waals surface area contributed by atoms with E-state index in [0.29, 0.717) is 11.3 Å². The summed E-state index contributed by atoms with van der Waals surface area (Å²) in [4.78, 5) is 0. The van der Waals surface area contributed by atoms with Gasteiger partial charge < -0.3 is 10.1 Å². The van der Waals surface area contributed by atoms with E-state index in [9.17, 15) is 0 Å². The molecular formula is C16H24ClNO. The fraction of sp³-hybridized carbons (Fsp3) is 0.625. The summed E-state index contributed by atoms with van der Waals surface area (Å²) in [5.41, 5.74) is 1.35. The maximum Gasteiger partial charge on any atom is 0.118 e. The highest BCUT2D eigenvalue weighted by molar-refractivity contribution is 6.20. The summed E-state index contributed by atoms with van der Waals surface area (Å²) in [6.45, 7) is 2.08. The highest BCUT2D eigenvalue weighted by Crippen LogP contribution is 2.27. The fourth-order valence-electron chi connectivity index (χ4n) is 2.70. The lowest BCUT2D eigenvalue weighted by atomic mass is 9.89. The Kier molecular flexibility index (Phi) is 5.99. The Bertz CT molecular complexity index is 366. The number of hydrogen-bond donors (Lipinski definition) is 1. The summed E-state index contributed by atoms with van der Waals surface area (Å²) >= 11 is 6.36. The predicted molar refractivity (Wildman–Crippen MR) is 81.2 cm³/mol. The van der Waals surface area contributed by atoms with E-state index in [1.165, 1.54) is 31.2 Å². The number of hydrogen-bond acceptors (Lipinski definition) is 2. The molecule has 19 heavy (non-hydrogen) atoms. The standard InChI is InChI=1S/C16H24ClNO/c1-19-15-8-6-13(7-9-15)10-11-18-12-14-4-2-3-5-16(14)17/h6-9,14,16,18H,2-5,10-12H2,1H3. The zero-order valence-corrected chi connectivity index (χ0v) is 12.5. The first-order valence-corrected chi connectivity index (χ1v) is 7.71. The quantitative estimate of drug-likeness (QED) is 0.635. The molecule has 0 heterocycles. The molecule has 106 valence electrons. The SMILES string of the molecule is COc1ccc(CCNCC2CCCCC2Cl)cc1. The topological polar surface area (TPSA) is 21.3 Å². The van der Waals surface area contributed by atoms with Crippen LogP contribution in [0.1, 0.15) is 31.2 Å². The number of ether oxygens (including phenoxy) is 1. The Balaban J connectivity index is 1.65. The third-order valence-electron chi connectivity index (χ3n) is 3.97. The summed E-state index contributed by atoms with van der Waals surface area (Å²) in [5, 5.41) is 3.92. The minimum atomic E-state index is 0.377. The highest BCUT2D eigenvalue weighted by Gasteiger charge is 2.22. The number of methoxy groups -OCH3 is 1. The van der Waals surface area contributed by atoms with Crippen molar-refractivity contribution in [3.05, 3.63) is 29.8 Å². The monoisotopic (exact) mass is 281 g/mol. The van der Waals surface area contributed by atoms with Crippen LogP contribution in [0.25, 0.3) is 0 Å². The van der Waals surface area contributed by atoms with Gasteiger partial charge in [-0.1, -0.05) is 25.0 Å². The first-order chi connectivity index (χ1) is 9.29. The molecule has 1 aliphatic carbocycles. The molecule has 1 saturated carbocycles. The van der Waals surface area contributed by atoms with Gasteiger partial charge in [0, 0.05) is 5.38 Å². The maximum absolute atomic E-state index is 6.36. The van der Waals surface area contributed by atoms with E-state index in [-0.39, 0.29) is 0 Å². The minimum Gasteiger partial charge on any atom is -0.497 e. The minimum absolute atomic E-state index is 0.377. The van der Waals surface area contributed by atoms with Crippen molar-refractivity contribution in [2.75, 3.05) is 20.2 Å². The third-order valence-corrected chi connectivity index (χ3v) is 4.55. The number of rotatable bonds is 6. The second-order valence-electron chi connectivity index (χ2n) is 5.36. The molecule has 3 heteroatoms. The fourth-order valence-corrected chi connectivity index (χ4v) is 3.07. The molecule has 0 aliphatic heterocycles. The van der Waals surface area contributed by atoms with Crippen LogP contribution in [-0.4, -0.2) is 25.6 Å². The van der Waals surface area contributed by atoms with Gasteiger partial charge >= 0.3 is 0 Å². The van der Waals surface area contributed by atoms with E-state index in [1.54, 1.807) is 7.11 Å². The van der Waals surface area contributed by atoms with E-state index >= 15 is 0 Å². The van der Waals surface area contributed by atoms with Gasteiger partial charge in [-0.3, -0.25) is 0 Å². The predicted octanol–water partition coefficient (Wildman–Crippen LogP) is 3.62. The molecule has 2 unspecified atom stereocenters. The van der Waals surface area contributed by atoms with Crippen molar-refractivity contribution in [3.63, 3.8) is 0 Å². The Morgan fingerprint density at radius 3 is 2.63 bits per heavy atom. The molecule has 1 fully saturated rings. The van der Waals surface area contributed by atoms with Crippen LogP contribution in [0.3, 0.4) is 0 Å². The Labute approximate surface area is 121 Å². The summed E-state index contributed by atoms with van der Waals surface area (Å²) in [7, 11) is 1.70. The lowest BCUT2D eigenvalue weighted by Crippen LogP contribution is -2.32. The smallest absolute Gasteiger partial charge is 0.118 e. The van der Waals surface area contributed by atoms with Crippen LogP contribution in [0.5, 0.6) is 5.75 Å². The van der Waals surface area contributed by atoms with Crippen LogP contribution in [0, 0.1) is 5.92 Å². The normalized spacial score (nSPS) is 23.3. The van der Waals surface area contributed by atoms with Crippen molar-refractivity contribution >= 4 is 11.6 Å². The van der Waals surface area contributed by atoms with E-state index in [1.807, 2.05) is 12.1 Å². The van der Waals surface area contributed by atoms with E-state index in [0.717, 1.165) is 25.3 Å². The van der Waals surface area contributed by atoms with Gasteiger partial charge in [0.15, 0.2) is 0 Å². The van der Waals surface area contributed by atoms with Crippen molar-refractivity contribution in [2.24, 2.45) is 5.92 Å². The van der Waals surface area contributed by atoms with Gasteiger partial charge in [0.2, 0.25) is 0 Å². The first-order valence-electron chi connectivity index (χ1n) is 7.27. The zero-order valence-electron chi connectivity index (χ0n) is 11.7. The Morgan fingerprint density at radius 1 is 1.21 bits per heavy atom. The lowest BCUT2D eigenvalue weighted by Gasteiger charge is -2.27. The molecule has 0 bridgehead atoms. The summed E-state index contributed by atoms with van der Waals surface area (Å²) < 4.78 is 5.16. The number of nitrogens with one attached hydrogen (secondary N) is 1. The summed E-state index contributed by atoms with van der Waals surface area (Å²) in [6.07, 6.45) is 6.17. The molecule has 2 rings (SSSR count). The molecule has 1 aliphatic rings. The second-order valence-corrected chi connectivity index (χ2v) is 5.92. The molecule has 0 spiro atoms. The molecule has 2 atom stereocenters. The lowest BCUT2D eigenvalue weighted by molar-refractivity contribution is 0.350. The summed E-state index contributed by atoms with van der Waals surface area (Å²) in [6, 6.07) is 8.30. The van der Waals surface area contributed by atoms with Crippen LogP contribution >= 0.6 is 11.6 Å². The Hall–Kier alpha value is -0.730. The van der Waals surface area contributed by atoms with E-state index in [2.05, 4.69) is 17.4 Å². The average molecular weight is 282 g/mol. The van der Waals surface area contributed by atoms with Crippen LogP contribution in [0.15, 0.2) is 24.3 Å². The first kappa shape index (κ1) is 14.7. The molecule has 2 nitrogen and oxygen atoms in total. The molecule has 0 aromatic heterocycles. The van der Waals surface area contributed by atoms with Gasteiger partial charge in [0.05, 0.1) is 7.11 Å². The van der Waals surface area contributed by atoms with Crippen molar-refractivity contribution in [1.82, 2.24) is 5.32 Å². The van der Waals surface area contributed by atoms with Crippen molar-refractivity contribution in [1.29, 1.82) is 0 Å². The van der Waals surface area contributed by atoms with Gasteiger partial charge in [-0.25, -0.2) is 0 Å². The zero-order chi connectivity index (χ0) is 13.5. The maximum atomic E-state index is 6.36. The van der Waals surface area contributed by atoms with E-state index in [4.69, 9.17) is 16.3 Å². The van der Waals surface area contributed by atoms with Crippen LogP contribution in [-0.2, 0) is 6.42 Å². The van der Waals surface area contributed by atoms with Crippen LogP contribution < -0.4 is 10.1 Å².